The molecule has 0 bridgehead atoms. The van der Waals surface area contributed by atoms with Crippen LogP contribution in [0.5, 0.6) is 0 Å². The molecule has 0 atom stereocenters. The molecular weight excluding hydrogens is 362 g/mol. The number of benzene rings is 1. The molecule has 1 aromatic carbocycles. The summed E-state index contributed by atoms with van der Waals surface area (Å²) in [5.41, 5.74) is 2.67. The summed E-state index contributed by atoms with van der Waals surface area (Å²) in [6, 6.07) is 8.61. The third-order valence-electron chi connectivity index (χ3n) is 6.00. The van der Waals surface area contributed by atoms with Gasteiger partial charge in [-0.05, 0) is 58.3 Å². The van der Waals surface area contributed by atoms with E-state index in [1.807, 2.05) is 0 Å². The minimum Gasteiger partial charge on any atom is -0.378 e. The first-order valence-electron chi connectivity index (χ1n) is 11.3. The van der Waals surface area contributed by atoms with E-state index in [4.69, 9.17) is 9.73 Å². The smallest absolute Gasteiger partial charge is 0.191 e. The third-order valence-corrected chi connectivity index (χ3v) is 6.00. The lowest BCUT2D eigenvalue weighted by atomic mass is 9.98. The number of hydrogen-bond acceptors (Lipinski definition) is 4. The van der Waals surface area contributed by atoms with Crippen LogP contribution < -0.4 is 15.5 Å². The fraction of sp³-hybridized carbons (Fsp3) is 0.696. The fourth-order valence-corrected chi connectivity index (χ4v) is 4.17. The highest BCUT2D eigenvalue weighted by Gasteiger charge is 2.27. The highest BCUT2D eigenvalue weighted by atomic mass is 16.5. The molecule has 0 aliphatic carbocycles. The Labute approximate surface area is 176 Å². The monoisotopic (exact) mass is 401 g/mol. The lowest BCUT2D eigenvalue weighted by molar-refractivity contribution is 0.0982. The molecule has 0 spiro atoms. The maximum Gasteiger partial charge on any atom is 0.191 e. The molecule has 2 N–H and O–H groups in total. The normalized spacial score (nSPS) is 19.3. The largest absolute Gasteiger partial charge is 0.378 e. The second-order valence-electron chi connectivity index (χ2n) is 8.64. The number of morpholine rings is 1. The Kier molecular flexibility index (Phi) is 8.19. The summed E-state index contributed by atoms with van der Waals surface area (Å²) in [4.78, 5) is 9.93. The van der Waals surface area contributed by atoms with Crippen LogP contribution in [0.25, 0.3) is 0 Å². The number of aliphatic imine (C=N–C) groups is 1. The number of rotatable bonds is 7. The van der Waals surface area contributed by atoms with Crippen LogP contribution in [0.4, 0.5) is 5.69 Å². The molecule has 6 nitrogen and oxygen atoms in total. The van der Waals surface area contributed by atoms with Crippen molar-refractivity contribution >= 4 is 11.6 Å². The van der Waals surface area contributed by atoms with Crippen LogP contribution >= 0.6 is 0 Å². The van der Waals surface area contributed by atoms with Crippen LogP contribution in [0, 0.1) is 0 Å². The van der Waals surface area contributed by atoms with Gasteiger partial charge in [0.05, 0.1) is 19.8 Å². The number of piperidine rings is 1. The first kappa shape index (κ1) is 21.9. The van der Waals surface area contributed by atoms with Gasteiger partial charge in [0.15, 0.2) is 5.96 Å². The summed E-state index contributed by atoms with van der Waals surface area (Å²) in [6.45, 7) is 15.1. The molecule has 2 aliphatic rings. The van der Waals surface area contributed by atoms with Gasteiger partial charge in [0.25, 0.3) is 0 Å². The van der Waals surface area contributed by atoms with Crippen molar-refractivity contribution in [2.45, 2.75) is 52.1 Å². The van der Waals surface area contributed by atoms with Crippen molar-refractivity contribution < 1.29 is 4.74 Å². The summed E-state index contributed by atoms with van der Waals surface area (Å²) in [6.07, 6.45) is 4.00. The van der Waals surface area contributed by atoms with E-state index < -0.39 is 0 Å². The standard InChI is InChI=1S/C23H39N5O/c1-4-24-22(26-19-23(2,3)28-12-8-5-9-13-28)25-18-20-10-6-7-11-21(20)27-14-16-29-17-15-27/h6-7,10-11H,4-5,8-9,12-19H2,1-3H3,(H2,24,25,26). The second kappa shape index (κ2) is 10.8. The van der Waals surface area contributed by atoms with Crippen LogP contribution in [0.1, 0.15) is 45.6 Å². The molecule has 0 amide bonds. The molecule has 0 radical (unpaired) electrons. The van der Waals surface area contributed by atoms with E-state index in [0.717, 1.165) is 45.4 Å². The molecule has 0 saturated carbocycles. The summed E-state index contributed by atoms with van der Waals surface area (Å²) in [7, 11) is 0. The Hall–Kier alpha value is -1.79. The molecule has 0 aromatic heterocycles. The Morgan fingerprint density at radius 3 is 2.48 bits per heavy atom. The Morgan fingerprint density at radius 1 is 1.03 bits per heavy atom. The predicted octanol–water partition coefficient (Wildman–Crippen LogP) is 2.84. The van der Waals surface area contributed by atoms with Crippen LogP contribution in [0.2, 0.25) is 0 Å². The van der Waals surface area contributed by atoms with Crippen molar-refractivity contribution in [1.82, 2.24) is 15.5 Å². The minimum absolute atomic E-state index is 0.127. The molecule has 2 saturated heterocycles. The van der Waals surface area contributed by atoms with Gasteiger partial charge < -0.3 is 20.3 Å². The molecule has 162 valence electrons. The van der Waals surface area contributed by atoms with E-state index in [1.165, 1.54) is 43.6 Å². The zero-order chi connectivity index (χ0) is 20.5. The maximum absolute atomic E-state index is 5.51. The van der Waals surface area contributed by atoms with Crippen LogP contribution in [-0.2, 0) is 11.3 Å². The van der Waals surface area contributed by atoms with Crippen LogP contribution in [0.15, 0.2) is 29.3 Å². The number of nitrogens with zero attached hydrogens (tertiary/aromatic N) is 3. The quantitative estimate of drug-likeness (QED) is 0.544. The molecule has 1 aromatic rings. The van der Waals surface area contributed by atoms with Gasteiger partial charge in [-0.15, -0.1) is 0 Å². The molecular formula is C23H39N5O. The van der Waals surface area contributed by atoms with Crippen LogP contribution in [-0.4, -0.2) is 68.9 Å². The number of para-hydroxylation sites is 1. The first-order chi connectivity index (χ1) is 14.1. The molecule has 2 heterocycles. The topological polar surface area (TPSA) is 52.1 Å². The highest BCUT2D eigenvalue weighted by Crippen LogP contribution is 2.22. The minimum atomic E-state index is 0.127. The highest BCUT2D eigenvalue weighted by molar-refractivity contribution is 5.80. The summed E-state index contributed by atoms with van der Waals surface area (Å²) < 4.78 is 5.51. The van der Waals surface area contributed by atoms with Crippen molar-refractivity contribution in [3.05, 3.63) is 29.8 Å². The average molecular weight is 402 g/mol. The van der Waals surface area contributed by atoms with E-state index in [1.54, 1.807) is 0 Å². The van der Waals surface area contributed by atoms with E-state index in [2.05, 4.69) is 65.5 Å². The summed E-state index contributed by atoms with van der Waals surface area (Å²) in [5.74, 6) is 0.898. The lowest BCUT2D eigenvalue weighted by Gasteiger charge is -2.41. The van der Waals surface area contributed by atoms with Gasteiger partial charge in [-0.25, -0.2) is 4.99 Å². The number of nitrogens with one attached hydrogen (secondary N) is 2. The number of likely N-dealkylation sites (tertiary alicyclic amines) is 1. The summed E-state index contributed by atoms with van der Waals surface area (Å²) in [5, 5.41) is 7.01. The number of guanidine groups is 1. The van der Waals surface area contributed by atoms with Crippen LogP contribution in [0.3, 0.4) is 0 Å². The van der Waals surface area contributed by atoms with E-state index in [9.17, 15) is 0 Å². The van der Waals surface area contributed by atoms with Crippen molar-refractivity contribution in [1.29, 1.82) is 0 Å². The third kappa shape index (κ3) is 6.34. The van der Waals surface area contributed by atoms with Gasteiger partial charge in [0.1, 0.15) is 0 Å². The average Bonchev–Trinajstić information content (AvgIpc) is 2.77. The number of ether oxygens (including phenoxy) is 1. The van der Waals surface area contributed by atoms with E-state index in [0.29, 0.717) is 6.54 Å². The van der Waals surface area contributed by atoms with Crippen molar-refractivity contribution in [3.63, 3.8) is 0 Å². The molecule has 2 fully saturated rings. The number of anilines is 1. The molecule has 3 rings (SSSR count). The fourth-order valence-electron chi connectivity index (χ4n) is 4.17. The van der Waals surface area contributed by atoms with Gasteiger partial charge in [0, 0.05) is 37.4 Å². The predicted molar refractivity (Wildman–Crippen MR) is 122 cm³/mol. The summed E-state index contributed by atoms with van der Waals surface area (Å²) >= 11 is 0. The van der Waals surface area contributed by atoms with Gasteiger partial charge >= 0.3 is 0 Å². The molecule has 29 heavy (non-hydrogen) atoms. The van der Waals surface area contributed by atoms with Crippen molar-refractivity contribution in [2.24, 2.45) is 4.99 Å². The van der Waals surface area contributed by atoms with Gasteiger partial charge in [-0.2, -0.15) is 0 Å². The Balaban J connectivity index is 1.63. The second-order valence-corrected chi connectivity index (χ2v) is 8.64. The van der Waals surface area contributed by atoms with Gasteiger partial charge in [-0.1, -0.05) is 24.6 Å². The van der Waals surface area contributed by atoms with Crippen molar-refractivity contribution in [3.8, 4) is 0 Å². The van der Waals surface area contributed by atoms with Gasteiger partial charge in [0.2, 0.25) is 0 Å². The Morgan fingerprint density at radius 2 is 1.76 bits per heavy atom. The molecule has 0 unspecified atom stereocenters. The zero-order valence-electron chi connectivity index (χ0n) is 18.5. The first-order valence-corrected chi connectivity index (χ1v) is 11.3. The van der Waals surface area contributed by atoms with E-state index >= 15 is 0 Å². The van der Waals surface area contributed by atoms with Crippen molar-refractivity contribution in [2.75, 3.05) is 57.4 Å². The van der Waals surface area contributed by atoms with E-state index in [-0.39, 0.29) is 5.54 Å². The lowest BCUT2D eigenvalue weighted by Crippen LogP contribution is -2.54. The SMILES string of the molecule is CCNC(=NCc1ccccc1N1CCOCC1)NCC(C)(C)N1CCCCC1. The maximum atomic E-state index is 5.51. The van der Waals surface area contributed by atoms with Gasteiger partial charge in [-0.3, -0.25) is 4.90 Å². The molecule has 6 heteroatoms. The Bertz CT molecular complexity index is 648. The molecule has 2 aliphatic heterocycles. The zero-order valence-corrected chi connectivity index (χ0v) is 18.5. The number of hydrogen-bond donors (Lipinski definition) is 2.